The summed E-state index contributed by atoms with van der Waals surface area (Å²) in [5.74, 6) is 1.86. The number of ether oxygens (including phenoxy) is 1. The van der Waals surface area contributed by atoms with Gasteiger partial charge in [-0.3, -0.25) is 0 Å². The molecule has 3 rings (SSSR count). The van der Waals surface area contributed by atoms with Crippen molar-refractivity contribution in [2.45, 2.75) is 20.4 Å². The van der Waals surface area contributed by atoms with E-state index in [9.17, 15) is 0 Å². The van der Waals surface area contributed by atoms with Crippen molar-refractivity contribution in [3.63, 3.8) is 0 Å². The predicted molar refractivity (Wildman–Crippen MR) is 92.0 cm³/mol. The fraction of sp³-hybridized carbons (Fsp3) is 0.294. The molecule has 0 fully saturated rings. The molecule has 0 amide bonds. The van der Waals surface area contributed by atoms with Crippen molar-refractivity contribution in [1.82, 2.24) is 9.97 Å². The van der Waals surface area contributed by atoms with E-state index in [-0.39, 0.29) is 0 Å². The lowest BCUT2D eigenvalue weighted by atomic mass is 10.1. The van der Waals surface area contributed by atoms with Crippen LogP contribution in [0.15, 0.2) is 30.6 Å². The van der Waals surface area contributed by atoms with Gasteiger partial charge in [-0.1, -0.05) is 12.1 Å². The minimum atomic E-state index is 0.775. The highest BCUT2D eigenvalue weighted by molar-refractivity contribution is 7.18. The van der Waals surface area contributed by atoms with Gasteiger partial charge in [0.2, 0.25) is 0 Å². The molecule has 0 spiro atoms. The Bertz CT molecular complexity index is 813. The Labute approximate surface area is 134 Å². The lowest BCUT2D eigenvalue weighted by Crippen LogP contribution is -2.18. The third kappa shape index (κ3) is 2.64. The first-order valence-electron chi connectivity index (χ1n) is 7.15. The summed E-state index contributed by atoms with van der Waals surface area (Å²) in [5, 5.41) is 1.16. The minimum Gasteiger partial charge on any atom is -0.497 e. The van der Waals surface area contributed by atoms with E-state index in [1.807, 2.05) is 12.1 Å². The molecule has 0 aliphatic heterocycles. The number of anilines is 1. The molecule has 0 radical (unpaired) electrons. The highest BCUT2D eigenvalue weighted by atomic mass is 32.1. The summed E-state index contributed by atoms with van der Waals surface area (Å²) in [6.07, 6.45) is 1.65. The molecule has 0 aliphatic carbocycles. The third-order valence-corrected chi connectivity index (χ3v) is 4.98. The lowest BCUT2D eigenvalue weighted by Gasteiger charge is -2.19. The largest absolute Gasteiger partial charge is 0.497 e. The van der Waals surface area contributed by atoms with E-state index in [1.165, 1.54) is 16.0 Å². The number of hydrogen-bond donors (Lipinski definition) is 0. The summed E-state index contributed by atoms with van der Waals surface area (Å²) in [7, 11) is 3.75. The van der Waals surface area contributed by atoms with Crippen LogP contribution >= 0.6 is 11.3 Å². The fourth-order valence-corrected chi connectivity index (χ4v) is 3.56. The molecular weight excluding hydrogens is 294 g/mol. The Morgan fingerprint density at radius 3 is 2.82 bits per heavy atom. The van der Waals surface area contributed by atoms with Crippen LogP contribution in [0.5, 0.6) is 5.75 Å². The Balaban J connectivity index is 1.96. The SMILES string of the molecule is COc1cccc(CN(C)c2ncnc3sc(C)c(C)c23)c1. The zero-order valence-electron chi connectivity index (χ0n) is 13.3. The first-order chi connectivity index (χ1) is 10.6. The minimum absolute atomic E-state index is 0.775. The van der Waals surface area contributed by atoms with Crippen molar-refractivity contribution in [3.05, 3.63) is 46.6 Å². The van der Waals surface area contributed by atoms with E-state index in [1.54, 1.807) is 24.8 Å². The molecule has 0 unspecified atom stereocenters. The van der Waals surface area contributed by atoms with Crippen molar-refractivity contribution < 1.29 is 4.74 Å². The molecule has 4 nitrogen and oxygen atoms in total. The van der Waals surface area contributed by atoms with Crippen molar-refractivity contribution in [3.8, 4) is 5.75 Å². The predicted octanol–water partition coefficient (Wildman–Crippen LogP) is 3.95. The summed E-state index contributed by atoms with van der Waals surface area (Å²) >= 11 is 1.72. The summed E-state index contributed by atoms with van der Waals surface area (Å²) in [5.41, 5.74) is 2.46. The van der Waals surface area contributed by atoms with E-state index in [0.717, 1.165) is 28.3 Å². The van der Waals surface area contributed by atoms with Gasteiger partial charge in [-0.15, -0.1) is 11.3 Å². The maximum absolute atomic E-state index is 5.29. The van der Waals surface area contributed by atoms with Crippen LogP contribution in [0.4, 0.5) is 5.82 Å². The molecule has 2 heterocycles. The summed E-state index contributed by atoms with van der Waals surface area (Å²) in [4.78, 5) is 13.4. The monoisotopic (exact) mass is 313 g/mol. The molecule has 0 bridgehead atoms. The number of fused-ring (bicyclic) bond motifs is 1. The topological polar surface area (TPSA) is 38.2 Å². The number of rotatable bonds is 4. The number of aryl methyl sites for hydroxylation is 2. The van der Waals surface area contributed by atoms with E-state index < -0.39 is 0 Å². The number of nitrogens with zero attached hydrogens (tertiary/aromatic N) is 3. The van der Waals surface area contributed by atoms with Crippen LogP contribution in [0.2, 0.25) is 0 Å². The Hall–Kier alpha value is -2.14. The van der Waals surface area contributed by atoms with Gasteiger partial charge in [0.25, 0.3) is 0 Å². The normalized spacial score (nSPS) is 10.9. The molecule has 3 aromatic rings. The molecule has 0 saturated heterocycles. The van der Waals surface area contributed by atoms with Crippen LogP contribution in [0.1, 0.15) is 16.0 Å². The average Bonchev–Trinajstić information content (AvgIpc) is 2.82. The lowest BCUT2D eigenvalue weighted by molar-refractivity contribution is 0.414. The van der Waals surface area contributed by atoms with Gasteiger partial charge >= 0.3 is 0 Å². The Morgan fingerprint density at radius 2 is 2.05 bits per heavy atom. The molecule has 1 aromatic carbocycles. The van der Waals surface area contributed by atoms with E-state index in [4.69, 9.17) is 4.74 Å². The van der Waals surface area contributed by atoms with Crippen molar-refractivity contribution in [2.75, 3.05) is 19.1 Å². The number of aromatic nitrogens is 2. The molecule has 5 heteroatoms. The highest BCUT2D eigenvalue weighted by Gasteiger charge is 2.15. The zero-order chi connectivity index (χ0) is 15.7. The number of thiophene rings is 1. The molecule has 0 atom stereocenters. The zero-order valence-corrected chi connectivity index (χ0v) is 14.1. The quantitative estimate of drug-likeness (QED) is 0.731. The summed E-state index contributed by atoms with van der Waals surface area (Å²) in [6, 6.07) is 8.13. The van der Waals surface area contributed by atoms with Gasteiger partial charge in [-0.05, 0) is 37.1 Å². The van der Waals surface area contributed by atoms with Gasteiger partial charge < -0.3 is 9.64 Å². The van der Waals surface area contributed by atoms with Gasteiger partial charge in [0.15, 0.2) is 0 Å². The molecule has 114 valence electrons. The standard InChI is InChI=1S/C17H19N3OS/c1-11-12(2)22-17-15(11)16(18-10-19-17)20(3)9-13-6-5-7-14(8-13)21-4/h5-8,10H,9H2,1-4H3. The van der Waals surface area contributed by atoms with Crippen LogP contribution in [-0.4, -0.2) is 24.1 Å². The third-order valence-electron chi connectivity index (χ3n) is 3.86. The molecule has 0 N–H and O–H groups in total. The molecule has 2 aromatic heterocycles. The first kappa shape index (κ1) is 14.8. The number of methoxy groups -OCH3 is 1. The summed E-state index contributed by atoms with van der Waals surface area (Å²) in [6.45, 7) is 5.05. The van der Waals surface area contributed by atoms with E-state index >= 15 is 0 Å². The van der Waals surface area contributed by atoms with Gasteiger partial charge in [-0.2, -0.15) is 0 Å². The first-order valence-corrected chi connectivity index (χ1v) is 7.96. The number of hydrogen-bond acceptors (Lipinski definition) is 5. The molecule has 0 aliphatic rings. The van der Waals surface area contributed by atoms with Crippen molar-refractivity contribution in [1.29, 1.82) is 0 Å². The van der Waals surface area contributed by atoms with Crippen molar-refractivity contribution in [2.24, 2.45) is 0 Å². The Kier molecular flexibility index (Phi) is 3.98. The van der Waals surface area contributed by atoms with Crippen LogP contribution < -0.4 is 9.64 Å². The average molecular weight is 313 g/mol. The number of benzene rings is 1. The van der Waals surface area contributed by atoms with Gasteiger partial charge in [0, 0.05) is 18.5 Å². The van der Waals surface area contributed by atoms with E-state index in [0.29, 0.717) is 0 Å². The fourth-order valence-electron chi connectivity index (χ4n) is 2.57. The van der Waals surface area contributed by atoms with Gasteiger partial charge in [-0.25, -0.2) is 9.97 Å². The maximum atomic E-state index is 5.29. The maximum Gasteiger partial charge on any atom is 0.141 e. The second-order valence-corrected chi connectivity index (χ2v) is 6.57. The molecule has 0 saturated carbocycles. The van der Waals surface area contributed by atoms with Crippen LogP contribution in [0.25, 0.3) is 10.2 Å². The van der Waals surface area contributed by atoms with Crippen molar-refractivity contribution >= 4 is 27.4 Å². The van der Waals surface area contributed by atoms with Gasteiger partial charge in [0.05, 0.1) is 12.5 Å². The molecule has 22 heavy (non-hydrogen) atoms. The second kappa shape index (κ2) is 5.93. The smallest absolute Gasteiger partial charge is 0.141 e. The van der Waals surface area contributed by atoms with Gasteiger partial charge in [0.1, 0.15) is 22.7 Å². The second-order valence-electron chi connectivity index (χ2n) is 5.37. The highest BCUT2D eigenvalue weighted by Crippen LogP contribution is 2.34. The van der Waals surface area contributed by atoms with Crippen LogP contribution in [0, 0.1) is 13.8 Å². The Morgan fingerprint density at radius 1 is 1.23 bits per heavy atom. The summed E-state index contributed by atoms with van der Waals surface area (Å²) < 4.78 is 5.29. The molecular formula is C17H19N3OS. The van der Waals surface area contributed by atoms with Crippen LogP contribution in [-0.2, 0) is 6.54 Å². The van der Waals surface area contributed by atoms with Crippen LogP contribution in [0.3, 0.4) is 0 Å². The van der Waals surface area contributed by atoms with E-state index in [2.05, 4.69) is 47.9 Å².